The lowest BCUT2D eigenvalue weighted by Crippen LogP contribution is -2.54. The van der Waals surface area contributed by atoms with E-state index in [2.05, 4.69) is 56.1 Å². The highest BCUT2D eigenvalue weighted by Crippen LogP contribution is 2.60. The number of nitrogens with zero attached hydrogens (tertiary/aromatic N) is 9. The molecule has 29 nitrogen and oxygen atoms in total. The van der Waals surface area contributed by atoms with E-state index in [1.54, 1.807) is 60.8 Å². The Kier molecular flexibility index (Phi) is 22.4. The molecule has 8 atom stereocenters. The zero-order valence-electron chi connectivity index (χ0n) is 57.3. The van der Waals surface area contributed by atoms with Gasteiger partial charge in [0.15, 0.2) is 18.4 Å². The molecule has 0 radical (unpaired) electrons. The summed E-state index contributed by atoms with van der Waals surface area (Å²) in [5.41, 5.74) is 14.6. The van der Waals surface area contributed by atoms with Crippen LogP contribution in [0.1, 0.15) is 112 Å². The maximum absolute atomic E-state index is 14.2. The number of phosphoric ester groups is 2. The average Bonchev–Trinajstić information content (AvgIpc) is 1.68. The summed E-state index contributed by atoms with van der Waals surface area (Å²) in [5, 5.41) is 38.1. The highest BCUT2D eigenvalue weighted by molar-refractivity contribution is 7.61. The summed E-state index contributed by atoms with van der Waals surface area (Å²) < 4.78 is 75.8. The third kappa shape index (κ3) is 17.3. The fourth-order valence-corrected chi connectivity index (χ4v) is 16.6. The standard InChI is InChI=1S/C72H84N12O17P2/c1-44(2)68(71(87)83-41-51(85)33-63(83)70(86)77-45(3)47-18-16-46(38-73)17-19-47)65-37-67(80-100-65)93-31-29-81-27-23-52(24-28-81)98-53-34-54(35-53)99-66-32-48(22-25-75-66)84-49-20-21-50(84)40-82(39-49)62-36-61(78-79-69(62)74)59-14-8-9-15-64(59)95-43-97-103(91,92)101-102(89,90)96-30-26-76-72(88)94-42-60-57-12-6-4-10-55(57)56-11-5-7-13-58(56)60/h4-19,22,25,32,36-37,44-45,49-54,60,63,68,85H,20-21,23-24,26-31,33-35,39-43H2,1-3H3,(H2,74,79)(H,76,88)(H,77,86)(H,89,90)(H,91,92)/t45-,49?,50?,51-,53?,54?,63+,68-/m1/s1. The number of nitrogen functional groups attached to an aromatic ring is 1. The molecule has 31 heteroatoms. The Bertz CT molecular complexity index is 4250. The van der Waals surface area contributed by atoms with E-state index in [-0.39, 0.29) is 97.6 Å². The summed E-state index contributed by atoms with van der Waals surface area (Å²) in [5.74, 6) is -0.307. The second-order valence-electron chi connectivity index (χ2n) is 27.0. The highest BCUT2D eigenvalue weighted by Gasteiger charge is 2.45. The van der Waals surface area contributed by atoms with Crippen molar-refractivity contribution < 1.29 is 80.0 Å². The molecular weight excluding hydrogens is 1370 g/mol. The van der Waals surface area contributed by atoms with Crippen LogP contribution < -0.4 is 40.4 Å². The molecule has 7 aromatic rings. The Hall–Kier alpha value is -9.04. The molecule has 3 amide bonds. The molecule has 544 valence electrons. The van der Waals surface area contributed by atoms with Crippen LogP contribution in [0.5, 0.6) is 17.5 Å². The fraction of sp³-hybridized carbons (Fsp3) is 0.444. The van der Waals surface area contributed by atoms with Crippen molar-refractivity contribution in [3.63, 3.8) is 0 Å². The van der Waals surface area contributed by atoms with Crippen molar-refractivity contribution in [1.82, 2.24) is 40.8 Å². The molecule has 103 heavy (non-hydrogen) atoms. The number of β-amino-alcohol motifs (C(OH)–C–C–N with tert-alkyl or cyclic N) is 1. The van der Waals surface area contributed by atoms with E-state index in [1.165, 1.54) is 4.90 Å². The number of nitriles is 1. The van der Waals surface area contributed by atoms with Crippen LogP contribution in [0.3, 0.4) is 0 Å². The second-order valence-corrected chi connectivity index (χ2v) is 30.1. The number of likely N-dealkylation sites (tertiary alicyclic amines) is 2. The number of amides is 3. The monoisotopic (exact) mass is 1450 g/mol. The molecule has 1 saturated carbocycles. The number of benzene rings is 4. The molecule has 3 aromatic heterocycles. The Morgan fingerprint density at radius 3 is 2.17 bits per heavy atom. The first-order valence-corrected chi connectivity index (χ1v) is 37.7. The molecule has 4 unspecified atom stereocenters. The van der Waals surface area contributed by atoms with E-state index in [0.29, 0.717) is 60.4 Å². The number of piperidine rings is 1. The zero-order chi connectivity index (χ0) is 71.9. The van der Waals surface area contributed by atoms with Crippen LogP contribution in [0.2, 0.25) is 0 Å². The lowest BCUT2D eigenvalue weighted by molar-refractivity contribution is -0.141. The number of nitrogens with two attached hydrogens (primary N) is 1. The second kappa shape index (κ2) is 31.9. The SMILES string of the molecule is CC(C)[C@@H](C(=O)N1C[C@H](O)C[C@H]1C(=O)N[C@H](C)c1ccc(C#N)cc1)c1cc(OCCN2CCC(OC3CC(Oc4cc(N5C6CCC5CN(c5cc(-c7ccccc7OCOP(=O)(O)OP(=O)(O)OCCNC(=O)OCC7c8ccccc8-c8ccccc87)nnc5N)C6)ccn4)C3)CC2)no1. The van der Waals surface area contributed by atoms with Crippen molar-refractivity contribution in [1.29, 1.82) is 5.26 Å². The summed E-state index contributed by atoms with van der Waals surface area (Å²) >= 11 is 0. The van der Waals surface area contributed by atoms with Crippen molar-refractivity contribution in [3.8, 4) is 46.0 Å². The van der Waals surface area contributed by atoms with Gasteiger partial charge in [-0.25, -0.2) is 23.4 Å². The fourth-order valence-electron chi connectivity index (χ4n) is 14.7. The van der Waals surface area contributed by atoms with Gasteiger partial charge in [-0.2, -0.15) is 9.57 Å². The molecular formula is C72H84N12O17P2. The largest absolute Gasteiger partial charge is 0.484 e. The summed E-state index contributed by atoms with van der Waals surface area (Å²) in [4.78, 5) is 74.1. The minimum Gasteiger partial charge on any atom is -0.474 e. The molecule has 0 spiro atoms. The van der Waals surface area contributed by atoms with Crippen molar-refractivity contribution in [2.24, 2.45) is 5.92 Å². The van der Waals surface area contributed by atoms with Gasteiger partial charge in [0.05, 0.1) is 54.0 Å². The van der Waals surface area contributed by atoms with Gasteiger partial charge in [-0.1, -0.05) is 86.6 Å². The number of hydrogen-bond donors (Lipinski definition) is 6. The first-order valence-electron chi connectivity index (χ1n) is 34.7. The quantitative estimate of drug-likeness (QED) is 0.0145. The number of ether oxygens (including phenoxy) is 5. The van der Waals surface area contributed by atoms with Gasteiger partial charge in [-0.3, -0.25) is 19.0 Å². The number of piperazine rings is 1. The molecule has 2 bridgehead atoms. The minimum absolute atomic E-state index is 0.0105. The van der Waals surface area contributed by atoms with Crippen molar-refractivity contribution >= 4 is 50.7 Å². The number of fused-ring (bicyclic) bond motifs is 5. The number of hydrogen-bond acceptors (Lipinski definition) is 24. The topological polar surface area (TPSA) is 371 Å². The minimum atomic E-state index is -5.26. The van der Waals surface area contributed by atoms with E-state index < -0.39 is 59.2 Å². The van der Waals surface area contributed by atoms with Gasteiger partial charge in [-0.05, 0) is 108 Å². The molecule has 7 N–H and O–H groups in total. The molecule has 7 heterocycles. The van der Waals surface area contributed by atoms with Crippen molar-refractivity contribution in [2.75, 3.05) is 88.0 Å². The highest BCUT2D eigenvalue weighted by atomic mass is 31.3. The Morgan fingerprint density at radius 2 is 1.46 bits per heavy atom. The molecule has 2 aliphatic carbocycles. The first kappa shape index (κ1) is 72.3. The number of para-hydroxylation sites is 1. The van der Waals surface area contributed by atoms with Gasteiger partial charge in [0.25, 0.3) is 5.88 Å². The van der Waals surface area contributed by atoms with Crippen LogP contribution >= 0.6 is 15.6 Å². The van der Waals surface area contributed by atoms with E-state index in [9.17, 15) is 43.7 Å². The van der Waals surface area contributed by atoms with Crippen LogP contribution in [0.4, 0.5) is 22.0 Å². The number of nitrogens with one attached hydrogen (secondary N) is 2. The number of anilines is 3. The summed E-state index contributed by atoms with van der Waals surface area (Å²) in [6.07, 6.45) is 5.60. The van der Waals surface area contributed by atoms with Crippen molar-refractivity contribution in [2.45, 2.75) is 126 Å². The van der Waals surface area contributed by atoms with Gasteiger partial charge in [0.2, 0.25) is 17.7 Å². The molecule has 13 rings (SSSR count). The van der Waals surface area contributed by atoms with Gasteiger partial charge >= 0.3 is 21.7 Å². The first-order chi connectivity index (χ1) is 49.7. The molecule has 6 aliphatic rings. The van der Waals surface area contributed by atoms with E-state index >= 15 is 0 Å². The number of carbonyl (C=O) groups is 3. The van der Waals surface area contributed by atoms with E-state index in [1.807, 2.05) is 87.5 Å². The molecule has 4 aliphatic heterocycles. The third-order valence-corrected chi connectivity index (χ3v) is 22.4. The molecule has 5 fully saturated rings. The van der Waals surface area contributed by atoms with Crippen LogP contribution in [-0.2, 0) is 41.6 Å². The lowest BCUT2D eigenvalue weighted by atomic mass is 9.91. The third-order valence-electron chi connectivity index (χ3n) is 19.8. The van der Waals surface area contributed by atoms with Crippen molar-refractivity contribution in [3.05, 3.63) is 156 Å². The maximum Gasteiger partial charge on any atom is 0.484 e. The van der Waals surface area contributed by atoms with Gasteiger partial charge in [0, 0.05) is 113 Å². The number of alkyl carbamates (subject to hydrolysis) is 1. The average molecular weight is 1450 g/mol. The summed E-state index contributed by atoms with van der Waals surface area (Å²) in [6.45, 7) is 7.91. The molecule has 4 aromatic carbocycles. The number of aliphatic hydroxyl groups excluding tert-OH is 1. The number of aliphatic hydroxyl groups is 1. The van der Waals surface area contributed by atoms with Crippen LogP contribution in [-0.4, -0.2) is 178 Å². The Labute approximate surface area is 595 Å². The van der Waals surface area contributed by atoms with Gasteiger partial charge < -0.3 is 74.2 Å². The normalized spacial score (nSPS) is 22.0. The summed E-state index contributed by atoms with van der Waals surface area (Å²) in [6, 6.07) is 38.0. The maximum atomic E-state index is 14.2. The number of aromatic nitrogens is 4. The van der Waals surface area contributed by atoms with Crippen LogP contribution in [0, 0.1) is 17.2 Å². The zero-order valence-corrected chi connectivity index (χ0v) is 59.0. The molecule has 4 saturated heterocycles. The Balaban J connectivity index is 0.515. The lowest BCUT2D eigenvalue weighted by Gasteiger charge is -2.43. The van der Waals surface area contributed by atoms with E-state index in [0.717, 1.165) is 85.1 Å². The van der Waals surface area contributed by atoms with Gasteiger partial charge in [-0.15, -0.1) is 10.2 Å². The van der Waals surface area contributed by atoms with E-state index in [4.69, 9.17) is 43.0 Å². The predicted molar refractivity (Wildman–Crippen MR) is 375 cm³/mol. The smallest absolute Gasteiger partial charge is 0.474 e. The number of rotatable bonds is 29. The summed E-state index contributed by atoms with van der Waals surface area (Å²) in [7, 11) is -10.4. The van der Waals surface area contributed by atoms with Gasteiger partial charge in [0.1, 0.15) is 37.0 Å². The Morgan fingerprint density at radius 1 is 0.767 bits per heavy atom. The van der Waals surface area contributed by atoms with Crippen LogP contribution in [0.25, 0.3) is 22.4 Å². The number of carbonyl (C=O) groups excluding carboxylic acids is 3. The predicted octanol–water partition coefficient (Wildman–Crippen LogP) is 9.01. The number of phosphoric acid groups is 2. The number of pyridine rings is 1. The van der Waals surface area contributed by atoms with Crippen LogP contribution in [0.15, 0.2) is 132 Å².